The zero-order valence-electron chi connectivity index (χ0n) is 16.6. The average Bonchev–Trinajstić information content (AvgIpc) is 2.79. The van der Waals surface area contributed by atoms with E-state index >= 15 is 0 Å². The van der Waals surface area contributed by atoms with Crippen LogP contribution in [0, 0.1) is 0 Å². The Hall–Kier alpha value is -2.79. The summed E-state index contributed by atoms with van der Waals surface area (Å²) in [5.41, 5.74) is 5.21. The van der Waals surface area contributed by atoms with E-state index in [1.165, 1.54) is 11.9 Å². The number of pyridine rings is 1. The topological polar surface area (TPSA) is 42.0 Å². The fourth-order valence-corrected chi connectivity index (χ4v) is 4.12. The number of benzene rings is 3. The molecule has 0 radical (unpaired) electrons. The predicted octanol–water partition coefficient (Wildman–Crippen LogP) is 8.04. The fraction of sp³-hybridized carbons (Fsp3) is 0.0400. The number of halogens is 2. The Labute approximate surface area is 195 Å². The molecule has 0 amide bonds. The smallest absolute Gasteiger partial charge is 0.159 e. The van der Waals surface area contributed by atoms with Gasteiger partial charge in [0.05, 0.1) is 5.69 Å². The lowest BCUT2D eigenvalue weighted by Crippen LogP contribution is -2.00. The van der Waals surface area contributed by atoms with Crippen molar-refractivity contribution >= 4 is 46.6 Å². The number of hydrogen-bond donors (Lipinski definition) is 1. The Morgan fingerprint density at radius 1 is 0.839 bits per heavy atom. The molecule has 0 aliphatic rings. The molecular weight excluding hydrogens is 447 g/mol. The Kier molecular flexibility index (Phi) is 6.62. The van der Waals surface area contributed by atoms with Crippen molar-refractivity contribution in [2.45, 2.75) is 11.9 Å². The molecule has 1 N–H and O–H groups in total. The van der Waals surface area contributed by atoms with E-state index in [1.807, 2.05) is 78.9 Å². The number of nitrogens with zero attached hydrogens (tertiary/aromatic N) is 1. The highest BCUT2D eigenvalue weighted by molar-refractivity contribution is 8.00. The number of carbonyl (C=O) groups excluding carboxylic acids is 1. The van der Waals surface area contributed by atoms with Gasteiger partial charge in [-0.05, 0) is 66.6 Å². The lowest BCUT2D eigenvalue weighted by molar-refractivity contribution is 0.101. The van der Waals surface area contributed by atoms with Crippen molar-refractivity contribution in [1.82, 2.24) is 4.98 Å². The molecule has 3 aromatic carbocycles. The first-order valence-corrected chi connectivity index (χ1v) is 11.1. The van der Waals surface area contributed by atoms with Crippen LogP contribution in [0.2, 0.25) is 10.0 Å². The van der Waals surface area contributed by atoms with Crippen LogP contribution < -0.4 is 4.72 Å². The Morgan fingerprint density at radius 2 is 1.39 bits per heavy atom. The highest BCUT2D eigenvalue weighted by atomic mass is 35.5. The number of anilines is 1. The zero-order valence-corrected chi connectivity index (χ0v) is 18.9. The van der Waals surface area contributed by atoms with Gasteiger partial charge >= 0.3 is 0 Å². The lowest BCUT2D eigenvalue weighted by atomic mass is 9.92. The van der Waals surface area contributed by atoms with Gasteiger partial charge in [0.25, 0.3) is 0 Å². The average molecular weight is 465 g/mol. The first kappa shape index (κ1) is 21.4. The summed E-state index contributed by atoms with van der Waals surface area (Å²) < 4.78 is 3.47. The van der Waals surface area contributed by atoms with E-state index in [-0.39, 0.29) is 5.78 Å². The third-order valence-corrected chi connectivity index (χ3v) is 6.01. The highest BCUT2D eigenvalue weighted by Gasteiger charge is 2.17. The summed E-state index contributed by atoms with van der Waals surface area (Å²) in [6.45, 7) is 1.57. The van der Waals surface area contributed by atoms with E-state index in [9.17, 15) is 4.79 Å². The summed E-state index contributed by atoms with van der Waals surface area (Å²) in [7, 11) is 0. The van der Waals surface area contributed by atoms with Gasteiger partial charge in [0, 0.05) is 44.9 Å². The van der Waals surface area contributed by atoms with Gasteiger partial charge in [0.15, 0.2) is 5.78 Å². The Morgan fingerprint density at radius 3 is 1.84 bits per heavy atom. The van der Waals surface area contributed by atoms with Crippen molar-refractivity contribution in [2.24, 2.45) is 0 Å². The summed E-state index contributed by atoms with van der Waals surface area (Å²) in [4.78, 5) is 16.7. The van der Waals surface area contributed by atoms with Gasteiger partial charge in [0.1, 0.15) is 5.03 Å². The summed E-state index contributed by atoms with van der Waals surface area (Å²) in [6, 6.07) is 24.7. The molecule has 0 atom stereocenters. The molecule has 154 valence electrons. The number of nitrogens with one attached hydrogen (secondary N) is 1. The molecule has 1 aromatic heterocycles. The summed E-state index contributed by atoms with van der Waals surface area (Å²) in [5, 5.41) is 2.14. The minimum atomic E-state index is -0.00523. The van der Waals surface area contributed by atoms with Crippen LogP contribution >= 0.6 is 35.1 Å². The van der Waals surface area contributed by atoms with Crippen molar-refractivity contribution in [3.63, 3.8) is 0 Å². The van der Waals surface area contributed by atoms with Gasteiger partial charge in [-0.25, -0.2) is 4.98 Å². The SMILES string of the molecule is CC(=O)c1cc(-c2ccc(Cl)cc2)c(NSc2ccccn2)c(-c2ccc(Cl)cc2)c1. The second kappa shape index (κ2) is 9.56. The largest absolute Gasteiger partial charge is 0.323 e. The molecule has 0 saturated heterocycles. The molecule has 0 unspecified atom stereocenters. The number of ketones is 1. The van der Waals surface area contributed by atoms with Crippen molar-refractivity contribution in [3.8, 4) is 22.3 Å². The van der Waals surface area contributed by atoms with E-state index in [0.717, 1.165) is 33.0 Å². The van der Waals surface area contributed by atoms with Crippen LogP contribution in [0.1, 0.15) is 17.3 Å². The summed E-state index contributed by atoms with van der Waals surface area (Å²) in [5.74, 6) is -0.00523. The molecular formula is C25H18Cl2N2OS. The molecule has 4 aromatic rings. The third kappa shape index (κ3) is 5.10. The standard InChI is InChI=1S/C25H18Cl2N2OS/c1-16(30)19-14-22(17-5-9-20(26)10-6-17)25(29-31-24-4-2-3-13-28-24)23(15-19)18-7-11-21(27)12-8-18/h2-15,29H,1H3. The number of Topliss-reactive ketones (excluding diaryl/α,β-unsaturated/α-hetero) is 1. The monoisotopic (exact) mass is 464 g/mol. The van der Waals surface area contributed by atoms with E-state index in [0.29, 0.717) is 15.6 Å². The van der Waals surface area contributed by atoms with Crippen LogP contribution in [0.4, 0.5) is 5.69 Å². The van der Waals surface area contributed by atoms with Crippen molar-refractivity contribution < 1.29 is 4.79 Å². The Balaban J connectivity index is 1.90. The van der Waals surface area contributed by atoms with Crippen LogP contribution in [-0.2, 0) is 0 Å². The first-order valence-electron chi connectivity index (χ1n) is 9.56. The molecule has 0 fully saturated rings. The van der Waals surface area contributed by atoms with Gasteiger partial charge in [-0.2, -0.15) is 0 Å². The highest BCUT2D eigenvalue weighted by Crippen LogP contribution is 2.41. The third-order valence-electron chi connectivity index (χ3n) is 4.75. The van der Waals surface area contributed by atoms with E-state index in [1.54, 1.807) is 13.1 Å². The van der Waals surface area contributed by atoms with E-state index in [2.05, 4.69) is 9.71 Å². The number of aromatic nitrogens is 1. The molecule has 1 heterocycles. The van der Waals surface area contributed by atoms with Crippen molar-refractivity contribution in [1.29, 1.82) is 0 Å². The second-order valence-corrected chi connectivity index (χ2v) is 8.59. The molecule has 4 rings (SSSR count). The van der Waals surface area contributed by atoms with E-state index in [4.69, 9.17) is 23.2 Å². The summed E-state index contributed by atoms with van der Waals surface area (Å²) >= 11 is 13.6. The summed E-state index contributed by atoms with van der Waals surface area (Å²) in [6.07, 6.45) is 1.75. The molecule has 0 saturated carbocycles. The van der Waals surface area contributed by atoms with Gasteiger partial charge in [-0.1, -0.05) is 53.5 Å². The zero-order chi connectivity index (χ0) is 21.8. The maximum Gasteiger partial charge on any atom is 0.159 e. The van der Waals surface area contributed by atoms with Gasteiger partial charge in [-0.15, -0.1) is 0 Å². The van der Waals surface area contributed by atoms with Crippen LogP contribution in [0.25, 0.3) is 22.3 Å². The van der Waals surface area contributed by atoms with Crippen LogP contribution in [0.15, 0.2) is 90.1 Å². The van der Waals surface area contributed by atoms with Gasteiger partial charge in [-0.3, -0.25) is 4.79 Å². The van der Waals surface area contributed by atoms with Gasteiger partial charge in [0.2, 0.25) is 0 Å². The molecule has 0 aliphatic carbocycles. The number of rotatable bonds is 6. The normalized spacial score (nSPS) is 10.7. The van der Waals surface area contributed by atoms with Crippen LogP contribution in [-0.4, -0.2) is 10.8 Å². The number of carbonyl (C=O) groups is 1. The number of hydrogen-bond acceptors (Lipinski definition) is 4. The Bertz CT molecular complexity index is 1140. The fourth-order valence-electron chi connectivity index (χ4n) is 3.18. The molecule has 0 spiro atoms. The molecule has 0 bridgehead atoms. The molecule has 31 heavy (non-hydrogen) atoms. The predicted molar refractivity (Wildman–Crippen MR) is 131 cm³/mol. The second-order valence-electron chi connectivity index (χ2n) is 6.89. The maximum absolute atomic E-state index is 12.3. The van der Waals surface area contributed by atoms with E-state index < -0.39 is 0 Å². The van der Waals surface area contributed by atoms with Crippen molar-refractivity contribution in [3.05, 3.63) is 101 Å². The molecule has 0 aliphatic heterocycles. The molecule has 3 nitrogen and oxygen atoms in total. The van der Waals surface area contributed by atoms with Gasteiger partial charge < -0.3 is 4.72 Å². The van der Waals surface area contributed by atoms with Crippen LogP contribution in [0.5, 0.6) is 0 Å². The van der Waals surface area contributed by atoms with Crippen LogP contribution in [0.3, 0.4) is 0 Å². The maximum atomic E-state index is 12.3. The minimum absolute atomic E-state index is 0.00523. The quantitative estimate of drug-likeness (QED) is 0.231. The molecule has 6 heteroatoms. The van der Waals surface area contributed by atoms with Crippen molar-refractivity contribution in [2.75, 3.05) is 4.72 Å². The minimum Gasteiger partial charge on any atom is -0.323 e. The first-order chi connectivity index (χ1) is 15.0. The lowest BCUT2D eigenvalue weighted by Gasteiger charge is -2.18.